The number of hydrogen-bond acceptors (Lipinski definition) is 3. The number of aryl methyl sites for hydroxylation is 1. The molecule has 1 heterocycles. The molecule has 0 aliphatic rings. The third kappa shape index (κ3) is 3.42. The van der Waals surface area contributed by atoms with Gasteiger partial charge in [0, 0.05) is 17.8 Å². The highest BCUT2D eigenvalue weighted by atomic mass is 16.5. The van der Waals surface area contributed by atoms with Crippen molar-refractivity contribution in [2.24, 2.45) is 0 Å². The van der Waals surface area contributed by atoms with E-state index < -0.39 is 0 Å². The summed E-state index contributed by atoms with van der Waals surface area (Å²) < 4.78 is 6.96. The predicted molar refractivity (Wildman–Crippen MR) is 82.1 cm³/mol. The van der Waals surface area contributed by atoms with Crippen LogP contribution < -0.4 is 10.1 Å². The molecule has 2 aromatic rings. The summed E-state index contributed by atoms with van der Waals surface area (Å²) in [4.78, 5) is 12.1. The largest absolute Gasteiger partial charge is 0.497 e. The van der Waals surface area contributed by atoms with Crippen LogP contribution >= 0.6 is 0 Å². The van der Waals surface area contributed by atoms with Gasteiger partial charge in [-0.15, -0.1) is 0 Å². The number of carbonyl (C=O) groups excluding carboxylic acids is 1. The van der Waals surface area contributed by atoms with Gasteiger partial charge in [0.05, 0.1) is 12.8 Å². The molecular weight excluding hydrogens is 266 g/mol. The normalized spacial score (nSPS) is 12.0. The molecule has 112 valence electrons. The molecule has 0 aliphatic heterocycles. The third-order valence-electron chi connectivity index (χ3n) is 3.41. The van der Waals surface area contributed by atoms with Gasteiger partial charge < -0.3 is 10.1 Å². The first-order chi connectivity index (χ1) is 10.0. The van der Waals surface area contributed by atoms with Crippen LogP contribution in [0.3, 0.4) is 0 Å². The molecule has 0 aliphatic carbocycles. The van der Waals surface area contributed by atoms with Crippen LogP contribution in [0.2, 0.25) is 0 Å². The van der Waals surface area contributed by atoms with Gasteiger partial charge in [0.15, 0.2) is 5.69 Å². The van der Waals surface area contributed by atoms with Crippen LogP contribution in [0.1, 0.15) is 36.5 Å². The van der Waals surface area contributed by atoms with E-state index in [-0.39, 0.29) is 11.9 Å². The van der Waals surface area contributed by atoms with E-state index in [0.29, 0.717) is 5.69 Å². The van der Waals surface area contributed by atoms with Crippen molar-refractivity contribution >= 4 is 5.91 Å². The van der Waals surface area contributed by atoms with Crippen LogP contribution in [-0.4, -0.2) is 28.8 Å². The van der Waals surface area contributed by atoms with Gasteiger partial charge in [0.2, 0.25) is 0 Å². The van der Waals surface area contributed by atoms with Crippen molar-refractivity contribution in [3.8, 4) is 11.4 Å². The van der Waals surface area contributed by atoms with E-state index in [2.05, 4.69) is 10.4 Å². The van der Waals surface area contributed by atoms with Crippen molar-refractivity contribution in [1.82, 2.24) is 15.1 Å². The minimum absolute atomic E-state index is 0.139. The smallest absolute Gasteiger partial charge is 0.272 e. The minimum atomic E-state index is -0.144. The Hall–Kier alpha value is -2.30. The van der Waals surface area contributed by atoms with Gasteiger partial charge in [-0.25, -0.2) is 4.68 Å². The van der Waals surface area contributed by atoms with Crippen molar-refractivity contribution in [2.45, 2.75) is 33.2 Å². The molecule has 1 atom stereocenters. The number of benzene rings is 1. The molecule has 1 amide bonds. The van der Waals surface area contributed by atoms with E-state index >= 15 is 0 Å². The number of rotatable bonds is 5. The summed E-state index contributed by atoms with van der Waals surface area (Å²) in [5.41, 5.74) is 2.20. The molecule has 21 heavy (non-hydrogen) atoms. The quantitative estimate of drug-likeness (QED) is 0.920. The number of ether oxygens (including phenoxy) is 1. The third-order valence-corrected chi connectivity index (χ3v) is 3.41. The Kier molecular flexibility index (Phi) is 4.62. The summed E-state index contributed by atoms with van der Waals surface area (Å²) in [5, 5.41) is 7.31. The lowest BCUT2D eigenvalue weighted by atomic mass is 10.2. The highest BCUT2D eigenvalue weighted by Crippen LogP contribution is 2.18. The van der Waals surface area contributed by atoms with Gasteiger partial charge >= 0.3 is 0 Å². The zero-order chi connectivity index (χ0) is 15.4. The predicted octanol–water partition coefficient (Wildman–Crippen LogP) is 2.72. The molecule has 0 radical (unpaired) electrons. The molecule has 1 N–H and O–H groups in total. The lowest BCUT2D eigenvalue weighted by Crippen LogP contribution is -2.32. The van der Waals surface area contributed by atoms with Gasteiger partial charge in [-0.1, -0.05) is 13.0 Å². The first-order valence-electron chi connectivity index (χ1n) is 7.07. The van der Waals surface area contributed by atoms with Crippen LogP contribution in [0, 0.1) is 6.92 Å². The first kappa shape index (κ1) is 15.1. The molecule has 1 aromatic carbocycles. The summed E-state index contributed by atoms with van der Waals surface area (Å²) in [7, 11) is 1.63. The first-order valence-corrected chi connectivity index (χ1v) is 7.07. The Morgan fingerprint density at radius 2 is 2.19 bits per heavy atom. The fourth-order valence-corrected chi connectivity index (χ4v) is 1.99. The number of hydrogen-bond donors (Lipinski definition) is 1. The Bertz CT molecular complexity index is 634. The topological polar surface area (TPSA) is 56.2 Å². The summed E-state index contributed by atoms with van der Waals surface area (Å²) >= 11 is 0. The minimum Gasteiger partial charge on any atom is -0.497 e. The monoisotopic (exact) mass is 287 g/mol. The van der Waals surface area contributed by atoms with Crippen LogP contribution in [0.25, 0.3) is 5.69 Å². The molecule has 1 unspecified atom stereocenters. The van der Waals surface area contributed by atoms with E-state index in [0.717, 1.165) is 23.6 Å². The van der Waals surface area contributed by atoms with Gasteiger partial charge in [-0.05, 0) is 38.5 Å². The van der Waals surface area contributed by atoms with Crippen LogP contribution in [0.5, 0.6) is 5.75 Å². The van der Waals surface area contributed by atoms with Crippen molar-refractivity contribution in [1.29, 1.82) is 0 Å². The lowest BCUT2D eigenvalue weighted by Gasteiger charge is -2.09. The average molecular weight is 287 g/mol. The van der Waals surface area contributed by atoms with Crippen molar-refractivity contribution in [3.05, 3.63) is 41.7 Å². The fraction of sp³-hybridized carbons (Fsp3) is 0.375. The fourth-order valence-electron chi connectivity index (χ4n) is 1.99. The Balaban J connectivity index is 2.28. The number of methoxy groups -OCH3 is 1. The lowest BCUT2D eigenvalue weighted by molar-refractivity contribution is 0.0934. The second kappa shape index (κ2) is 6.43. The Labute approximate surface area is 124 Å². The van der Waals surface area contributed by atoms with Crippen LogP contribution in [-0.2, 0) is 0 Å². The molecule has 5 heteroatoms. The number of nitrogens with one attached hydrogen (secondary N) is 1. The summed E-state index contributed by atoms with van der Waals surface area (Å²) in [6.45, 7) is 5.93. The zero-order valence-electron chi connectivity index (χ0n) is 12.9. The summed E-state index contributed by atoms with van der Waals surface area (Å²) in [6, 6.07) is 9.51. The molecule has 0 spiro atoms. The van der Waals surface area contributed by atoms with Gasteiger partial charge in [0.25, 0.3) is 5.91 Å². The maximum Gasteiger partial charge on any atom is 0.272 e. The van der Waals surface area contributed by atoms with Crippen LogP contribution in [0.15, 0.2) is 30.3 Å². The van der Waals surface area contributed by atoms with Gasteiger partial charge in [-0.3, -0.25) is 4.79 Å². The van der Waals surface area contributed by atoms with Gasteiger partial charge in [-0.2, -0.15) is 5.10 Å². The standard InChI is InChI=1S/C16H21N3O2/c1-5-11(2)17-16(20)15-9-12(3)19(18-15)13-7-6-8-14(10-13)21-4/h6-11H,5H2,1-4H3,(H,17,20). The number of aromatic nitrogens is 2. The molecule has 0 bridgehead atoms. The number of amides is 1. The van der Waals surface area contributed by atoms with Crippen molar-refractivity contribution in [2.75, 3.05) is 7.11 Å². The maximum atomic E-state index is 12.1. The zero-order valence-corrected chi connectivity index (χ0v) is 12.9. The second-order valence-electron chi connectivity index (χ2n) is 5.07. The molecule has 0 saturated carbocycles. The van der Waals surface area contributed by atoms with Crippen LogP contribution in [0.4, 0.5) is 0 Å². The van der Waals surface area contributed by atoms with E-state index in [4.69, 9.17) is 4.74 Å². The number of carbonyl (C=O) groups is 1. The Morgan fingerprint density at radius 1 is 1.43 bits per heavy atom. The molecule has 2 rings (SSSR count). The SMILES string of the molecule is CCC(C)NC(=O)c1cc(C)n(-c2cccc(OC)c2)n1. The average Bonchev–Trinajstić information content (AvgIpc) is 2.89. The maximum absolute atomic E-state index is 12.1. The second-order valence-corrected chi connectivity index (χ2v) is 5.07. The summed E-state index contributed by atoms with van der Waals surface area (Å²) in [5.74, 6) is 0.613. The molecule has 0 saturated heterocycles. The summed E-state index contributed by atoms with van der Waals surface area (Å²) in [6.07, 6.45) is 0.890. The van der Waals surface area contributed by atoms with E-state index in [9.17, 15) is 4.79 Å². The van der Waals surface area contributed by atoms with Crippen molar-refractivity contribution < 1.29 is 9.53 Å². The molecule has 1 aromatic heterocycles. The highest BCUT2D eigenvalue weighted by molar-refractivity contribution is 5.92. The van der Waals surface area contributed by atoms with Gasteiger partial charge in [0.1, 0.15) is 5.75 Å². The Morgan fingerprint density at radius 3 is 2.86 bits per heavy atom. The highest BCUT2D eigenvalue weighted by Gasteiger charge is 2.14. The van der Waals surface area contributed by atoms with Crippen molar-refractivity contribution in [3.63, 3.8) is 0 Å². The number of nitrogens with zero attached hydrogens (tertiary/aromatic N) is 2. The molecule has 0 fully saturated rings. The molecular formula is C16H21N3O2. The van der Waals surface area contributed by atoms with E-state index in [1.807, 2.05) is 45.0 Å². The van der Waals surface area contributed by atoms with E-state index in [1.165, 1.54) is 0 Å². The molecule has 5 nitrogen and oxygen atoms in total. The van der Waals surface area contributed by atoms with E-state index in [1.54, 1.807) is 17.9 Å².